The van der Waals surface area contributed by atoms with Crippen molar-refractivity contribution in [2.24, 2.45) is 11.8 Å². The van der Waals surface area contributed by atoms with E-state index in [0.717, 1.165) is 12.0 Å². The third-order valence-corrected chi connectivity index (χ3v) is 4.55. The molecular weight excluding hydrogens is 273 g/mol. The van der Waals surface area contributed by atoms with E-state index in [4.69, 9.17) is 23.2 Å². The Hall–Kier alpha value is -1.06. The summed E-state index contributed by atoms with van der Waals surface area (Å²) in [5.74, 6) is 0.144. The molecule has 3 rings (SSSR count). The molecule has 0 unspecified atom stereocenters. The summed E-state index contributed by atoms with van der Waals surface area (Å²) < 4.78 is 0. The second-order valence-electron chi connectivity index (χ2n) is 4.92. The standard InChI is InChI=1S/C13H11Cl2NO2/c14-9-3-4-10(11(15)6-9)12-7-1-2-8(5-7)13(12)16(17)18/h1-4,6-8,12-13H,5H2/t7-,8-,12-,13-/m0/s1. The van der Waals surface area contributed by atoms with E-state index in [1.165, 1.54) is 0 Å². The minimum Gasteiger partial charge on any atom is -0.264 e. The Labute approximate surface area is 115 Å². The van der Waals surface area contributed by atoms with Gasteiger partial charge >= 0.3 is 0 Å². The fraction of sp³-hybridized carbons (Fsp3) is 0.385. The zero-order valence-electron chi connectivity index (χ0n) is 9.42. The highest BCUT2D eigenvalue weighted by Gasteiger charge is 2.52. The van der Waals surface area contributed by atoms with Crippen LogP contribution in [0, 0.1) is 22.0 Å². The molecule has 2 aliphatic rings. The van der Waals surface area contributed by atoms with Crippen molar-refractivity contribution >= 4 is 23.2 Å². The van der Waals surface area contributed by atoms with Crippen LogP contribution in [0.4, 0.5) is 0 Å². The summed E-state index contributed by atoms with van der Waals surface area (Å²) in [6.45, 7) is 0. The smallest absolute Gasteiger partial charge is 0.226 e. The lowest BCUT2D eigenvalue weighted by atomic mass is 9.83. The fourth-order valence-corrected chi connectivity index (χ4v) is 3.80. The second kappa shape index (κ2) is 4.25. The van der Waals surface area contributed by atoms with Crippen LogP contribution in [0.5, 0.6) is 0 Å². The SMILES string of the molecule is O=[N+]([O-])[C@@H]1[C@H](c2ccc(Cl)cc2Cl)[C@H]2C=C[C@H]1C2. The minimum atomic E-state index is -0.557. The highest BCUT2D eigenvalue weighted by atomic mass is 35.5. The number of fused-ring (bicyclic) bond motifs is 2. The van der Waals surface area contributed by atoms with Crippen LogP contribution >= 0.6 is 23.2 Å². The molecule has 1 aromatic rings. The van der Waals surface area contributed by atoms with Crippen molar-refractivity contribution < 1.29 is 4.92 Å². The largest absolute Gasteiger partial charge is 0.264 e. The van der Waals surface area contributed by atoms with Crippen LogP contribution < -0.4 is 0 Å². The Kier molecular flexibility index (Phi) is 2.83. The van der Waals surface area contributed by atoms with Crippen LogP contribution in [0.25, 0.3) is 0 Å². The highest BCUT2D eigenvalue weighted by molar-refractivity contribution is 6.35. The third-order valence-electron chi connectivity index (χ3n) is 3.98. The molecule has 4 atom stereocenters. The summed E-state index contributed by atoms with van der Waals surface area (Å²) in [5, 5.41) is 12.3. The molecule has 0 aromatic heterocycles. The summed E-state index contributed by atoms with van der Waals surface area (Å²) in [6.07, 6.45) is 4.91. The van der Waals surface area contributed by atoms with Gasteiger partial charge < -0.3 is 0 Å². The van der Waals surface area contributed by atoms with E-state index in [1.54, 1.807) is 12.1 Å². The summed E-state index contributed by atoms with van der Waals surface area (Å²) in [5.41, 5.74) is 0.847. The lowest BCUT2D eigenvalue weighted by Gasteiger charge is -2.23. The maximum atomic E-state index is 11.3. The monoisotopic (exact) mass is 283 g/mol. The molecule has 2 bridgehead atoms. The van der Waals surface area contributed by atoms with E-state index >= 15 is 0 Å². The Morgan fingerprint density at radius 2 is 1.94 bits per heavy atom. The molecule has 2 aliphatic carbocycles. The van der Waals surface area contributed by atoms with Crippen molar-refractivity contribution in [2.45, 2.75) is 18.4 Å². The van der Waals surface area contributed by atoms with E-state index < -0.39 is 6.04 Å². The van der Waals surface area contributed by atoms with Crippen molar-refractivity contribution in [3.8, 4) is 0 Å². The fourth-order valence-electron chi connectivity index (χ4n) is 3.27. The number of nitro groups is 1. The van der Waals surface area contributed by atoms with E-state index in [2.05, 4.69) is 6.08 Å². The number of nitrogens with zero attached hydrogens (tertiary/aromatic N) is 1. The number of benzene rings is 1. The van der Waals surface area contributed by atoms with Crippen molar-refractivity contribution in [3.63, 3.8) is 0 Å². The highest BCUT2D eigenvalue weighted by Crippen LogP contribution is 2.51. The van der Waals surface area contributed by atoms with Gasteiger partial charge in [0.2, 0.25) is 6.04 Å². The van der Waals surface area contributed by atoms with Gasteiger partial charge in [0.05, 0.1) is 5.92 Å². The lowest BCUT2D eigenvalue weighted by Crippen LogP contribution is -2.31. The first-order chi connectivity index (χ1) is 8.58. The molecule has 1 fully saturated rings. The molecular formula is C13H11Cl2NO2. The first-order valence-corrected chi connectivity index (χ1v) is 6.60. The predicted molar refractivity (Wildman–Crippen MR) is 70.7 cm³/mol. The van der Waals surface area contributed by atoms with Crippen molar-refractivity contribution in [3.05, 3.63) is 56.1 Å². The summed E-state index contributed by atoms with van der Waals surface area (Å²) in [6, 6.07) is 4.67. The number of hydrogen-bond acceptors (Lipinski definition) is 2. The molecule has 1 saturated carbocycles. The van der Waals surface area contributed by atoms with Crippen molar-refractivity contribution in [2.75, 3.05) is 0 Å². The molecule has 0 aliphatic heterocycles. The summed E-state index contributed by atoms with van der Waals surface area (Å²) >= 11 is 12.1. The Balaban J connectivity index is 2.05. The first kappa shape index (κ1) is 12.0. The number of allylic oxidation sites excluding steroid dienone is 1. The van der Waals surface area contributed by atoms with E-state index in [9.17, 15) is 10.1 Å². The third kappa shape index (κ3) is 1.73. The van der Waals surface area contributed by atoms with Crippen LogP contribution in [-0.2, 0) is 0 Å². The molecule has 5 heteroatoms. The zero-order valence-corrected chi connectivity index (χ0v) is 10.9. The van der Waals surface area contributed by atoms with Crippen LogP contribution in [0.1, 0.15) is 17.9 Å². The molecule has 1 aromatic carbocycles. The van der Waals surface area contributed by atoms with Crippen LogP contribution in [-0.4, -0.2) is 11.0 Å². The zero-order chi connectivity index (χ0) is 12.9. The van der Waals surface area contributed by atoms with Gasteiger partial charge in [-0.2, -0.15) is 0 Å². The summed E-state index contributed by atoms with van der Waals surface area (Å²) in [4.78, 5) is 11.1. The van der Waals surface area contributed by atoms with Crippen molar-refractivity contribution in [1.29, 1.82) is 0 Å². The van der Waals surface area contributed by atoms with Gasteiger partial charge in [0.1, 0.15) is 0 Å². The molecule has 94 valence electrons. The van der Waals surface area contributed by atoms with Gasteiger partial charge in [-0.15, -0.1) is 0 Å². The molecule has 0 radical (unpaired) electrons. The van der Waals surface area contributed by atoms with Gasteiger partial charge in [0, 0.05) is 20.9 Å². The normalized spacial score (nSPS) is 33.0. The maximum Gasteiger partial charge on any atom is 0.226 e. The lowest BCUT2D eigenvalue weighted by molar-refractivity contribution is -0.530. The second-order valence-corrected chi connectivity index (χ2v) is 5.76. The molecule has 0 saturated heterocycles. The molecule has 0 N–H and O–H groups in total. The van der Waals surface area contributed by atoms with Crippen LogP contribution in [0.15, 0.2) is 30.4 Å². The average molecular weight is 284 g/mol. The van der Waals surface area contributed by atoms with Crippen LogP contribution in [0.2, 0.25) is 10.0 Å². The summed E-state index contributed by atoms with van der Waals surface area (Å²) in [7, 11) is 0. The van der Waals surface area contributed by atoms with E-state index in [0.29, 0.717) is 10.0 Å². The van der Waals surface area contributed by atoms with Gasteiger partial charge in [-0.3, -0.25) is 10.1 Å². The van der Waals surface area contributed by atoms with Gasteiger partial charge in [-0.25, -0.2) is 0 Å². The predicted octanol–water partition coefficient (Wildman–Crippen LogP) is 3.93. The van der Waals surface area contributed by atoms with E-state index in [-0.39, 0.29) is 22.7 Å². The van der Waals surface area contributed by atoms with E-state index in [1.807, 2.05) is 12.1 Å². The van der Waals surface area contributed by atoms with Gasteiger partial charge in [-0.05, 0) is 30.0 Å². The average Bonchev–Trinajstić information content (AvgIpc) is 2.88. The van der Waals surface area contributed by atoms with Gasteiger partial charge in [-0.1, -0.05) is 41.4 Å². The molecule has 18 heavy (non-hydrogen) atoms. The number of hydrogen-bond donors (Lipinski definition) is 0. The molecule has 0 heterocycles. The Bertz CT molecular complexity index is 544. The quantitative estimate of drug-likeness (QED) is 0.469. The van der Waals surface area contributed by atoms with Gasteiger partial charge in [0.25, 0.3) is 0 Å². The topological polar surface area (TPSA) is 43.1 Å². The molecule has 0 spiro atoms. The van der Waals surface area contributed by atoms with Gasteiger partial charge in [0.15, 0.2) is 0 Å². The van der Waals surface area contributed by atoms with Crippen LogP contribution in [0.3, 0.4) is 0 Å². The van der Waals surface area contributed by atoms with Crippen molar-refractivity contribution in [1.82, 2.24) is 0 Å². The Morgan fingerprint density at radius 1 is 1.22 bits per heavy atom. The molecule has 3 nitrogen and oxygen atoms in total. The first-order valence-electron chi connectivity index (χ1n) is 5.84. The maximum absolute atomic E-state index is 11.3. The minimum absolute atomic E-state index is 0.0433. The molecule has 0 amide bonds. The number of halogens is 2. The number of rotatable bonds is 2. The Morgan fingerprint density at radius 3 is 2.61 bits per heavy atom.